The summed E-state index contributed by atoms with van der Waals surface area (Å²) in [6, 6.07) is 7.96. The molecule has 0 radical (unpaired) electrons. The van der Waals surface area contributed by atoms with Gasteiger partial charge in [-0.1, -0.05) is 23.7 Å². The molecular formula is C14H10ClF2NO2. The minimum absolute atomic E-state index is 0.122. The van der Waals surface area contributed by atoms with Gasteiger partial charge in [0.15, 0.2) is 0 Å². The molecule has 0 atom stereocenters. The average molecular weight is 298 g/mol. The van der Waals surface area contributed by atoms with Crippen molar-refractivity contribution in [3.8, 4) is 0 Å². The van der Waals surface area contributed by atoms with Gasteiger partial charge in [0.1, 0.15) is 11.6 Å². The summed E-state index contributed by atoms with van der Waals surface area (Å²) in [5.74, 6) is -2.68. The van der Waals surface area contributed by atoms with E-state index in [1.54, 1.807) is 0 Å². The second kappa shape index (κ2) is 5.88. The first-order valence-corrected chi connectivity index (χ1v) is 6.06. The third-order valence-electron chi connectivity index (χ3n) is 2.70. The van der Waals surface area contributed by atoms with Gasteiger partial charge >= 0.3 is 5.97 Å². The third kappa shape index (κ3) is 3.05. The highest BCUT2D eigenvalue weighted by molar-refractivity contribution is 6.33. The second-order valence-electron chi connectivity index (χ2n) is 4.07. The monoisotopic (exact) mass is 297 g/mol. The summed E-state index contributed by atoms with van der Waals surface area (Å²) in [5.41, 5.74) is 0.196. The Morgan fingerprint density at radius 2 is 1.95 bits per heavy atom. The number of aromatic carboxylic acids is 1. The lowest BCUT2D eigenvalue weighted by molar-refractivity contribution is 0.0692. The largest absolute Gasteiger partial charge is 0.478 e. The third-order valence-corrected chi connectivity index (χ3v) is 3.01. The molecule has 0 aromatic heterocycles. The standard InChI is InChI=1S/C14H10ClF2NO2/c15-10-2-1-3-11(16)13(10)18-7-8-4-5-9(14(19)20)12(17)6-8/h1-6,18H,7H2,(H,19,20). The SMILES string of the molecule is O=C(O)c1ccc(CNc2c(F)cccc2Cl)cc1F. The van der Waals surface area contributed by atoms with Crippen LogP contribution < -0.4 is 5.32 Å². The molecule has 0 aliphatic carbocycles. The zero-order valence-electron chi connectivity index (χ0n) is 10.2. The van der Waals surface area contributed by atoms with Crippen molar-refractivity contribution in [2.75, 3.05) is 5.32 Å². The van der Waals surface area contributed by atoms with Gasteiger partial charge in [-0.05, 0) is 29.8 Å². The van der Waals surface area contributed by atoms with E-state index in [0.717, 1.165) is 12.1 Å². The molecule has 6 heteroatoms. The number of carboxylic acid groups (broad SMARTS) is 1. The fraction of sp³-hybridized carbons (Fsp3) is 0.0714. The van der Waals surface area contributed by atoms with E-state index in [0.29, 0.717) is 5.56 Å². The van der Waals surface area contributed by atoms with Crippen LogP contribution in [0.1, 0.15) is 15.9 Å². The number of carbonyl (C=O) groups is 1. The lowest BCUT2D eigenvalue weighted by Crippen LogP contribution is -2.05. The molecule has 0 amide bonds. The van der Waals surface area contributed by atoms with Crippen molar-refractivity contribution >= 4 is 23.3 Å². The molecule has 0 heterocycles. The van der Waals surface area contributed by atoms with Gasteiger partial charge in [0.25, 0.3) is 0 Å². The number of anilines is 1. The smallest absolute Gasteiger partial charge is 0.338 e. The van der Waals surface area contributed by atoms with E-state index in [-0.39, 0.29) is 17.3 Å². The van der Waals surface area contributed by atoms with Crippen molar-refractivity contribution in [1.82, 2.24) is 0 Å². The van der Waals surface area contributed by atoms with E-state index >= 15 is 0 Å². The lowest BCUT2D eigenvalue weighted by Gasteiger charge is -2.10. The van der Waals surface area contributed by atoms with Crippen LogP contribution in [0.5, 0.6) is 0 Å². The van der Waals surface area contributed by atoms with E-state index in [1.807, 2.05) is 0 Å². The first kappa shape index (κ1) is 14.3. The van der Waals surface area contributed by atoms with Crippen molar-refractivity contribution in [3.63, 3.8) is 0 Å². The second-order valence-corrected chi connectivity index (χ2v) is 4.48. The van der Waals surface area contributed by atoms with Crippen LogP contribution in [0.3, 0.4) is 0 Å². The number of hydrogen-bond donors (Lipinski definition) is 2. The molecule has 0 spiro atoms. The lowest BCUT2D eigenvalue weighted by atomic mass is 10.1. The van der Waals surface area contributed by atoms with Crippen LogP contribution in [-0.4, -0.2) is 11.1 Å². The summed E-state index contributed by atoms with van der Waals surface area (Å²) < 4.78 is 27.0. The minimum Gasteiger partial charge on any atom is -0.478 e. The Morgan fingerprint density at radius 3 is 2.55 bits per heavy atom. The van der Waals surface area contributed by atoms with Gasteiger partial charge in [-0.25, -0.2) is 13.6 Å². The molecule has 0 aliphatic heterocycles. The topological polar surface area (TPSA) is 49.3 Å². The van der Waals surface area contributed by atoms with Gasteiger partial charge in [-0.3, -0.25) is 0 Å². The fourth-order valence-electron chi connectivity index (χ4n) is 1.70. The Morgan fingerprint density at radius 1 is 1.20 bits per heavy atom. The zero-order chi connectivity index (χ0) is 14.7. The van der Waals surface area contributed by atoms with Gasteiger partial charge in [0, 0.05) is 6.54 Å². The van der Waals surface area contributed by atoms with E-state index in [4.69, 9.17) is 16.7 Å². The maximum Gasteiger partial charge on any atom is 0.338 e. The van der Waals surface area contributed by atoms with E-state index in [1.165, 1.54) is 24.3 Å². The van der Waals surface area contributed by atoms with Crippen molar-refractivity contribution in [3.05, 3.63) is 64.2 Å². The summed E-state index contributed by atoms with van der Waals surface area (Å²) >= 11 is 5.84. The number of nitrogens with one attached hydrogen (secondary N) is 1. The van der Waals surface area contributed by atoms with Crippen molar-refractivity contribution in [2.24, 2.45) is 0 Å². The van der Waals surface area contributed by atoms with Crippen LogP contribution in [0.4, 0.5) is 14.5 Å². The van der Waals surface area contributed by atoms with Gasteiger partial charge in [-0.2, -0.15) is 0 Å². The maximum atomic E-state index is 13.5. The molecule has 2 aromatic carbocycles. The molecule has 0 fully saturated rings. The Bertz CT molecular complexity index is 641. The highest BCUT2D eigenvalue weighted by Gasteiger charge is 2.11. The zero-order valence-corrected chi connectivity index (χ0v) is 10.9. The van der Waals surface area contributed by atoms with Crippen LogP contribution in [0, 0.1) is 11.6 Å². The summed E-state index contributed by atoms with van der Waals surface area (Å²) in [4.78, 5) is 10.7. The normalized spacial score (nSPS) is 10.3. The maximum absolute atomic E-state index is 13.5. The molecule has 2 rings (SSSR count). The first-order valence-electron chi connectivity index (χ1n) is 5.68. The number of rotatable bonds is 4. The molecule has 0 bridgehead atoms. The van der Waals surface area contributed by atoms with Crippen molar-refractivity contribution in [2.45, 2.75) is 6.54 Å². The highest BCUT2D eigenvalue weighted by atomic mass is 35.5. The summed E-state index contributed by atoms with van der Waals surface area (Å²) in [6.45, 7) is 0.122. The molecule has 0 unspecified atom stereocenters. The molecule has 2 N–H and O–H groups in total. The molecule has 0 saturated carbocycles. The van der Waals surface area contributed by atoms with Crippen molar-refractivity contribution in [1.29, 1.82) is 0 Å². The molecule has 0 saturated heterocycles. The van der Waals surface area contributed by atoms with Gasteiger partial charge in [0.05, 0.1) is 16.3 Å². The van der Waals surface area contributed by atoms with Crippen LogP contribution in [-0.2, 0) is 6.54 Å². The molecule has 3 nitrogen and oxygen atoms in total. The Balaban J connectivity index is 2.16. The predicted molar refractivity (Wildman–Crippen MR) is 72.1 cm³/mol. The number of halogens is 3. The van der Waals surface area contributed by atoms with E-state index in [2.05, 4.69) is 5.32 Å². The van der Waals surface area contributed by atoms with Crippen LogP contribution >= 0.6 is 11.6 Å². The summed E-state index contributed by atoms with van der Waals surface area (Å²) in [6.07, 6.45) is 0. The quantitative estimate of drug-likeness (QED) is 0.899. The predicted octanol–water partition coefficient (Wildman–Crippen LogP) is 3.93. The van der Waals surface area contributed by atoms with Gasteiger partial charge in [0.2, 0.25) is 0 Å². The number of benzene rings is 2. The number of para-hydroxylation sites is 1. The van der Waals surface area contributed by atoms with E-state index < -0.39 is 23.2 Å². The molecule has 104 valence electrons. The van der Waals surface area contributed by atoms with Crippen molar-refractivity contribution < 1.29 is 18.7 Å². The number of hydrogen-bond acceptors (Lipinski definition) is 2. The summed E-state index contributed by atoms with van der Waals surface area (Å²) in [7, 11) is 0. The van der Waals surface area contributed by atoms with Gasteiger partial charge < -0.3 is 10.4 Å². The van der Waals surface area contributed by atoms with Crippen LogP contribution in [0.15, 0.2) is 36.4 Å². The molecular weight excluding hydrogens is 288 g/mol. The molecule has 2 aromatic rings. The summed E-state index contributed by atoms with van der Waals surface area (Å²) in [5, 5.41) is 11.7. The fourth-order valence-corrected chi connectivity index (χ4v) is 1.93. The molecule has 20 heavy (non-hydrogen) atoms. The Labute approximate surface area is 118 Å². The van der Waals surface area contributed by atoms with E-state index in [9.17, 15) is 13.6 Å². The Kier molecular flexibility index (Phi) is 4.20. The van der Waals surface area contributed by atoms with Gasteiger partial charge in [-0.15, -0.1) is 0 Å². The minimum atomic E-state index is -1.33. The average Bonchev–Trinajstić information content (AvgIpc) is 2.37. The van der Waals surface area contributed by atoms with Crippen LogP contribution in [0.2, 0.25) is 5.02 Å². The highest BCUT2D eigenvalue weighted by Crippen LogP contribution is 2.25. The number of carboxylic acids is 1. The Hall–Kier alpha value is -2.14. The van der Waals surface area contributed by atoms with Crippen LogP contribution in [0.25, 0.3) is 0 Å². The molecule has 0 aliphatic rings. The first-order chi connectivity index (χ1) is 9.49.